The topological polar surface area (TPSA) is 78.9 Å². The number of carbonyl (C=O) groups is 2. The maximum Gasteiger partial charge on any atom is 0.317 e. The molecule has 2 fully saturated rings. The maximum atomic E-state index is 12.1. The van der Waals surface area contributed by atoms with Gasteiger partial charge in [-0.3, -0.25) is 4.79 Å². The van der Waals surface area contributed by atoms with Crippen molar-refractivity contribution >= 4 is 12.0 Å². The minimum Gasteiger partial charge on any atom is -0.481 e. The van der Waals surface area contributed by atoms with Crippen molar-refractivity contribution < 1.29 is 19.4 Å². The average molecular weight is 270 g/mol. The molecule has 108 valence electrons. The third kappa shape index (κ3) is 4.09. The van der Waals surface area contributed by atoms with Crippen LogP contribution in [0, 0.1) is 5.92 Å². The average Bonchev–Trinajstić information content (AvgIpc) is 2.89. The number of nitrogens with one attached hydrogen (secondary N) is 1. The normalized spacial score (nSPS) is 27.3. The number of carboxylic acids is 1. The molecular weight excluding hydrogens is 248 g/mol. The Morgan fingerprint density at radius 2 is 2.16 bits per heavy atom. The largest absolute Gasteiger partial charge is 0.481 e. The van der Waals surface area contributed by atoms with Crippen molar-refractivity contribution in [3.05, 3.63) is 0 Å². The summed E-state index contributed by atoms with van der Waals surface area (Å²) in [7, 11) is 0. The van der Waals surface area contributed by atoms with Gasteiger partial charge < -0.3 is 20.1 Å². The Morgan fingerprint density at radius 3 is 2.84 bits per heavy atom. The minimum absolute atomic E-state index is 0.0416. The summed E-state index contributed by atoms with van der Waals surface area (Å²) in [5, 5.41) is 11.8. The van der Waals surface area contributed by atoms with Gasteiger partial charge in [0.15, 0.2) is 0 Å². The van der Waals surface area contributed by atoms with Gasteiger partial charge in [0.1, 0.15) is 0 Å². The van der Waals surface area contributed by atoms with Crippen LogP contribution in [0.4, 0.5) is 4.79 Å². The highest BCUT2D eigenvalue weighted by molar-refractivity contribution is 5.76. The number of ether oxygens (including phenoxy) is 1. The molecule has 2 atom stereocenters. The molecule has 0 spiro atoms. The first-order valence-corrected chi connectivity index (χ1v) is 7.01. The fourth-order valence-corrected chi connectivity index (χ4v) is 2.76. The molecule has 2 rings (SSSR count). The van der Waals surface area contributed by atoms with E-state index in [4.69, 9.17) is 9.84 Å². The van der Waals surface area contributed by atoms with Gasteiger partial charge in [-0.05, 0) is 25.7 Å². The number of amides is 2. The summed E-state index contributed by atoms with van der Waals surface area (Å²) in [6.45, 7) is 2.75. The molecule has 0 radical (unpaired) electrons. The van der Waals surface area contributed by atoms with E-state index in [1.807, 2.05) is 0 Å². The second-order valence-electron chi connectivity index (χ2n) is 5.36. The van der Waals surface area contributed by atoms with Crippen LogP contribution >= 0.6 is 0 Å². The SMILES string of the molecule is O=C(O)CC1CCCCN1C(=O)NCC1CCOC1. The summed E-state index contributed by atoms with van der Waals surface area (Å²) in [5.41, 5.74) is 0. The maximum absolute atomic E-state index is 12.1. The molecule has 2 heterocycles. The molecule has 2 aliphatic heterocycles. The zero-order valence-corrected chi connectivity index (χ0v) is 11.1. The predicted molar refractivity (Wildman–Crippen MR) is 68.9 cm³/mol. The Morgan fingerprint density at radius 1 is 1.32 bits per heavy atom. The Kier molecular flexibility index (Phi) is 5.01. The second kappa shape index (κ2) is 6.75. The highest BCUT2D eigenvalue weighted by Crippen LogP contribution is 2.20. The van der Waals surface area contributed by atoms with E-state index in [9.17, 15) is 9.59 Å². The first-order chi connectivity index (χ1) is 9.16. The van der Waals surface area contributed by atoms with Crippen molar-refractivity contribution in [2.45, 2.75) is 38.1 Å². The van der Waals surface area contributed by atoms with Gasteiger partial charge in [-0.15, -0.1) is 0 Å². The van der Waals surface area contributed by atoms with Gasteiger partial charge in [-0.25, -0.2) is 4.79 Å². The van der Waals surface area contributed by atoms with E-state index in [1.54, 1.807) is 4.90 Å². The predicted octanol–water partition coefficient (Wildman–Crippen LogP) is 1.06. The third-order valence-corrected chi connectivity index (χ3v) is 3.86. The smallest absolute Gasteiger partial charge is 0.317 e. The van der Waals surface area contributed by atoms with E-state index in [1.165, 1.54) is 0 Å². The summed E-state index contributed by atoms with van der Waals surface area (Å²) in [6.07, 6.45) is 3.76. The van der Waals surface area contributed by atoms with Crippen molar-refractivity contribution in [1.82, 2.24) is 10.2 Å². The minimum atomic E-state index is -0.839. The number of nitrogens with zero attached hydrogens (tertiary/aromatic N) is 1. The second-order valence-corrected chi connectivity index (χ2v) is 5.36. The number of urea groups is 1. The fraction of sp³-hybridized carbons (Fsp3) is 0.846. The lowest BCUT2D eigenvalue weighted by molar-refractivity contribution is -0.138. The van der Waals surface area contributed by atoms with Crippen LogP contribution in [0.5, 0.6) is 0 Å². The molecule has 0 bridgehead atoms. The number of piperidine rings is 1. The zero-order valence-electron chi connectivity index (χ0n) is 11.1. The highest BCUT2D eigenvalue weighted by atomic mass is 16.5. The van der Waals surface area contributed by atoms with Crippen LogP contribution in [0.25, 0.3) is 0 Å². The number of rotatable bonds is 4. The molecule has 19 heavy (non-hydrogen) atoms. The van der Waals surface area contributed by atoms with Crippen LogP contribution in [-0.4, -0.2) is 54.4 Å². The van der Waals surface area contributed by atoms with Gasteiger partial charge in [0.05, 0.1) is 13.0 Å². The lowest BCUT2D eigenvalue weighted by atomic mass is 10.00. The molecule has 2 unspecified atom stereocenters. The molecule has 2 saturated heterocycles. The lowest BCUT2D eigenvalue weighted by Crippen LogP contribution is -2.50. The summed E-state index contributed by atoms with van der Waals surface area (Å²) >= 11 is 0. The van der Waals surface area contributed by atoms with Crippen molar-refractivity contribution in [2.24, 2.45) is 5.92 Å². The molecule has 0 aliphatic carbocycles. The molecule has 2 N–H and O–H groups in total. The lowest BCUT2D eigenvalue weighted by Gasteiger charge is -2.35. The monoisotopic (exact) mass is 270 g/mol. The number of hydrogen-bond donors (Lipinski definition) is 2. The Hall–Kier alpha value is -1.30. The number of carboxylic acid groups (broad SMARTS) is 1. The van der Waals surface area contributed by atoms with Crippen LogP contribution in [-0.2, 0) is 9.53 Å². The van der Waals surface area contributed by atoms with Gasteiger partial charge in [0.25, 0.3) is 0 Å². The van der Waals surface area contributed by atoms with Gasteiger partial charge in [-0.1, -0.05) is 0 Å². The number of likely N-dealkylation sites (tertiary alicyclic amines) is 1. The first-order valence-electron chi connectivity index (χ1n) is 7.01. The fourth-order valence-electron chi connectivity index (χ4n) is 2.76. The summed E-state index contributed by atoms with van der Waals surface area (Å²) in [4.78, 5) is 24.6. The van der Waals surface area contributed by atoms with Crippen LogP contribution < -0.4 is 5.32 Å². The van der Waals surface area contributed by atoms with Gasteiger partial charge in [0, 0.05) is 31.7 Å². The van der Waals surface area contributed by atoms with Crippen molar-refractivity contribution in [3.8, 4) is 0 Å². The molecular formula is C13H22N2O4. The van der Waals surface area contributed by atoms with E-state index in [2.05, 4.69) is 5.32 Å². The van der Waals surface area contributed by atoms with Crippen LogP contribution in [0.1, 0.15) is 32.1 Å². The van der Waals surface area contributed by atoms with Crippen LogP contribution in [0.3, 0.4) is 0 Å². The van der Waals surface area contributed by atoms with Crippen LogP contribution in [0.15, 0.2) is 0 Å². The molecule has 2 amide bonds. The van der Waals surface area contributed by atoms with E-state index in [0.29, 0.717) is 25.6 Å². The van der Waals surface area contributed by atoms with E-state index in [-0.39, 0.29) is 18.5 Å². The Bertz CT molecular complexity index is 329. The highest BCUT2D eigenvalue weighted by Gasteiger charge is 2.28. The quantitative estimate of drug-likeness (QED) is 0.800. The van der Waals surface area contributed by atoms with Crippen molar-refractivity contribution in [1.29, 1.82) is 0 Å². The van der Waals surface area contributed by atoms with E-state index in [0.717, 1.165) is 32.3 Å². The van der Waals surface area contributed by atoms with E-state index < -0.39 is 5.97 Å². The summed E-state index contributed by atoms with van der Waals surface area (Å²) in [6, 6.07) is -0.288. The van der Waals surface area contributed by atoms with E-state index >= 15 is 0 Å². The third-order valence-electron chi connectivity index (χ3n) is 3.86. The van der Waals surface area contributed by atoms with Gasteiger partial charge >= 0.3 is 12.0 Å². The molecule has 0 aromatic carbocycles. The van der Waals surface area contributed by atoms with Crippen molar-refractivity contribution in [2.75, 3.05) is 26.3 Å². The molecule has 0 aromatic rings. The molecule has 6 heteroatoms. The standard InChI is InChI=1S/C13H22N2O4/c16-12(17)7-11-3-1-2-5-15(11)13(18)14-8-10-4-6-19-9-10/h10-11H,1-9H2,(H,14,18)(H,16,17). The first kappa shape index (κ1) is 14.1. The summed E-state index contributed by atoms with van der Waals surface area (Å²) in [5.74, 6) is -0.444. The number of carbonyl (C=O) groups excluding carboxylic acids is 1. The molecule has 6 nitrogen and oxygen atoms in total. The molecule has 0 saturated carbocycles. The zero-order chi connectivity index (χ0) is 13.7. The Labute approximate surface area is 113 Å². The molecule has 0 aromatic heterocycles. The number of aliphatic carboxylic acids is 1. The Balaban J connectivity index is 1.82. The van der Waals surface area contributed by atoms with Gasteiger partial charge in [-0.2, -0.15) is 0 Å². The number of hydrogen-bond acceptors (Lipinski definition) is 3. The summed E-state index contributed by atoms with van der Waals surface area (Å²) < 4.78 is 5.27. The van der Waals surface area contributed by atoms with Gasteiger partial charge in [0.2, 0.25) is 0 Å². The molecule has 2 aliphatic rings. The van der Waals surface area contributed by atoms with Crippen molar-refractivity contribution in [3.63, 3.8) is 0 Å². The van der Waals surface area contributed by atoms with Crippen LogP contribution in [0.2, 0.25) is 0 Å².